The Morgan fingerprint density at radius 2 is 2.04 bits per heavy atom. The van der Waals surface area contributed by atoms with E-state index < -0.39 is 11.5 Å². The number of ether oxygens (including phenoxy) is 3. The number of carbonyl (C=O) groups excluding carboxylic acids is 1. The molecule has 0 radical (unpaired) electrons. The van der Waals surface area contributed by atoms with E-state index in [9.17, 15) is 9.59 Å². The molecule has 0 unspecified atom stereocenters. The lowest BCUT2D eigenvalue weighted by atomic mass is 9.86. The van der Waals surface area contributed by atoms with Crippen molar-refractivity contribution in [2.75, 3.05) is 26.9 Å². The fourth-order valence-electron chi connectivity index (χ4n) is 2.97. The third kappa shape index (κ3) is 5.49. The molecule has 0 aliphatic carbocycles. The zero-order chi connectivity index (χ0) is 19.0. The number of carbonyl (C=O) groups is 2. The molecular formula is C19H25NO6. The van der Waals surface area contributed by atoms with Gasteiger partial charge < -0.3 is 24.6 Å². The Hall–Kier alpha value is -2.54. The maximum absolute atomic E-state index is 12.3. The minimum absolute atomic E-state index is 0.135. The van der Waals surface area contributed by atoms with Gasteiger partial charge in [0.1, 0.15) is 0 Å². The van der Waals surface area contributed by atoms with Gasteiger partial charge in [-0.15, -0.1) is 0 Å². The fourth-order valence-corrected chi connectivity index (χ4v) is 2.97. The van der Waals surface area contributed by atoms with Crippen LogP contribution in [0.3, 0.4) is 0 Å². The molecule has 1 aromatic rings. The van der Waals surface area contributed by atoms with Gasteiger partial charge in [-0.05, 0) is 37.5 Å². The van der Waals surface area contributed by atoms with Crippen LogP contribution in [0.5, 0.6) is 11.5 Å². The maximum Gasteiger partial charge on any atom is 0.305 e. The molecule has 0 aromatic heterocycles. The number of carboxylic acid groups (broad SMARTS) is 1. The molecule has 2 N–H and O–H groups in total. The van der Waals surface area contributed by atoms with Crippen LogP contribution in [0.4, 0.5) is 0 Å². The third-order valence-electron chi connectivity index (χ3n) is 4.25. The van der Waals surface area contributed by atoms with Gasteiger partial charge in [0.25, 0.3) is 5.91 Å². The Morgan fingerprint density at radius 1 is 1.31 bits per heavy atom. The van der Waals surface area contributed by atoms with E-state index in [2.05, 4.69) is 5.32 Å². The van der Waals surface area contributed by atoms with Gasteiger partial charge in [-0.3, -0.25) is 9.59 Å². The van der Waals surface area contributed by atoms with Gasteiger partial charge in [0.15, 0.2) is 18.1 Å². The molecule has 7 heteroatoms. The second-order valence-electron chi connectivity index (χ2n) is 6.21. The molecule has 1 saturated heterocycles. The van der Waals surface area contributed by atoms with Crippen molar-refractivity contribution in [1.29, 1.82) is 0 Å². The van der Waals surface area contributed by atoms with Crippen LogP contribution >= 0.6 is 0 Å². The first kappa shape index (κ1) is 19.8. The van der Waals surface area contributed by atoms with E-state index >= 15 is 0 Å². The van der Waals surface area contributed by atoms with Crippen LogP contribution in [0.1, 0.15) is 31.7 Å². The summed E-state index contributed by atoms with van der Waals surface area (Å²) in [5, 5.41) is 12.0. The lowest BCUT2D eigenvalue weighted by molar-refractivity contribution is -0.140. The van der Waals surface area contributed by atoms with Crippen molar-refractivity contribution >= 4 is 18.0 Å². The van der Waals surface area contributed by atoms with E-state index in [0.29, 0.717) is 37.6 Å². The van der Waals surface area contributed by atoms with Crippen molar-refractivity contribution in [2.24, 2.45) is 0 Å². The van der Waals surface area contributed by atoms with Gasteiger partial charge >= 0.3 is 5.97 Å². The molecule has 26 heavy (non-hydrogen) atoms. The number of benzene rings is 1. The van der Waals surface area contributed by atoms with Crippen molar-refractivity contribution in [3.8, 4) is 11.5 Å². The quantitative estimate of drug-likeness (QED) is 0.736. The lowest BCUT2D eigenvalue weighted by Crippen LogP contribution is -2.54. The fraction of sp³-hybridized carbons (Fsp3) is 0.474. The smallest absolute Gasteiger partial charge is 0.305 e. The van der Waals surface area contributed by atoms with Gasteiger partial charge in [-0.1, -0.05) is 18.2 Å². The largest absolute Gasteiger partial charge is 0.493 e. The Morgan fingerprint density at radius 3 is 2.65 bits per heavy atom. The predicted molar refractivity (Wildman–Crippen MR) is 96.4 cm³/mol. The topological polar surface area (TPSA) is 94.1 Å². The van der Waals surface area contributed by atoms with Gasteiger partial charge in [-0.2, -0.15) is 0 Å². The first-order chi connectivity index (χ1) is 12.5. The number of carboxylic acids is 1. The number of hydrogen-bond donors (Lipinski definition) is 2. The van der Waals surface area contributed by atoms with Gasteiger partial charge in [0, 0.05) is 13.2 Å². The van der Waals surface area contributed by atoms with E-state index in [4.69, 9.17) is 19.3 Å². The van der Waals surface area contributed by atoms with Gasteiger partial charge in [-0.25, -0.2) is 0 Å². The summed E-state index contributed by atoms with van der Waals surface area (Å²) < 4.78 is 16.2. The predicted octanol–water partition coefficient (Wildman–Crippen LogP) is 2.25. The normalized spacial score (nSPS) is 16.2. The highest BCUT2D eigenvalue weighted by molar-refractivity contribution is 5.79. The Bertz CT molecular complexity index is 664. The van der Waals surface area contributed by atoms with E-state index in [0.717, 1.165) is 5.56 Å². The minimum atomic E-state index is -0.950. The summed E-state index contributed by atoms with van der Waals surface area (Å²) in [5.41, 5.74) is 0.175. The molecule has 0 saturated carbocycles. The Kier molecular flexibility index (Phi) is 7.03. The summed E-state index contributed by atoms with van der Waals surface area (Å²) in [6.07, 6.45) is 4.64. The van der Waals surface area contributed by atoms with Gasteiger partial charge in [0.05, 0.1) is 19.1 Å². The Labute approximate surface area is 152 Å². The van der Waals surface area contributed by atoms with Crippen molar-refractivity contribution in [3.05, 3.63) is 29.8 Å². The first-order valence-corrected chi connectivity index (χ1v) is 8.52. The summed E-state index contributed by atoms with van der Waals surface area (Å²) >= 11 is 0. The van der Waals surface area contributed by atoms with Crippen LogP contribution in [-0.2, 0) is 14.3 Å². The third-order valence-corrected chi connectivity index (χ3v) is 4.25. The zero-order valence-corrected chi connectivity index (χ0v) is 15.1. The summed E-state index contributed by atoms with van der Waals surface area (Å²) in [6.45, 7) is 2.55. The molecular weight excluding hydrogens is 338 g/mol. The van der Waals surface area contributed by atoms with Crippen LogP contribution in [0, 0.1) is 0 Å². The van der Waals surface area contributed by atoms with Gasteiger partial charge in [0.2, 0.25) is 0 Å². The average Bonchev–Trinajstić information content (AvgIpc) is 2.60. The number of amides is 1. The van der Waals surface area contributed by atoms with Crippen LogP contribution in [0.15, 0.2) is 24.3 Å². The number of methoxy groups -OCH3 is 1. The van der Waals surface area contributed by atoms with Crippen LogP contribution in [-0.4, -0.2) is 49.5 Å². The van der Waals surface area contributed by atoms with Crippen LogP contribution < -0.4 is 14.8 Å². The highest BCUT2D eigenvalue weighted by Gasteiger charge is 2.36. The summed E-state index contributed by atoms with van der Waals surface area (Å²) in [5.74, 6) is -0.336. The standard InChI is InChI=1S/C19H25NO6/c1-3-4-14-5-6-15(16(11-14)24-2)26-13-17(21)20-19(12-18(22)23)7-9-25-10-8-19/h3-6,11H,7-10,12-13H2,1-2H3,(H,20,21)(H,22,23)/b4-3+. The molecule has 1 aliphatic rings. The molecule has 1 fully saturated rings. The van der Waals surface area contributed by atoms with E-state index in [1.807, 2.05) is 31.2 Å². The molecule has 0 spiro atoms. The summed E-state index contributed by atoms with van der Waals surface area (Å²) in [4.78, 5) is 23.5. The highest BCUT2D eigenvalue weighted by atomic mass is 16.5. The average molecular weight is 363 g/mol. The molecule has 7 nitrogen and oxygen atoms in total. The number of nitrogens with one attached hydrogen (secondary N) is 1. The monoisotopic (exact) mass is 363 g/mol. The SMILES string of the molecule is C/C=C/c1ccc(OCC(=O)NC2(CC(=O)O)CCOCC2)c(OC)c1. The molecule has 1 amide bonds. The molecule has 1 aliphatic heterocycles. The van der Waals surface area contributed by atoms with Crippen molar-refractivity contribution in [2.45, 2.75) is 31.7 Å². The molecule has 0 bridgehead atoms. The summed E-state index contributed by atoms with van der Waals surface area (Å²) in [6, 6.07) is 5.42. The van der Waals surface area contributed by atoms with Crippen LogP contribution in [0.2, 0.25) is 0 Å². The van der Waals surface area contributed by atoms with Crippen molar-refractivity contribution in [1.82, 2.24) is 5.32 Å². The molecule has 0 atom stereocenters. The van der Waals surface area contributed by atoms with Crippen molar-refractivity contribution < 1.29 is 28.9 Å². The Balaban J connectivity index is 2.00. The number of aliphatic carboxylic acids is 1. The maximum atomic E-state index is 12.3. The van der Waals surface area contributed by atoms with E-state index in [1.165, 1.54) is 7.11 Å². The lowest BCUT2D eigenvalue weighted by Gasteiger charge is -2.36. The molecule has 1 heterocycles. The molecule has 1 aromatic carbocycles. The van der Waals surface area contributed by atoms with Crippen LogP contribution in [0.25, 0.3) is 6.08 Å². The molecule has 2 rings (SSSR count). The second kappa shape index (κ2) is 9.24. The first-order valence-electron chi connectivity index (χ1n) is 8.52. The molecule has 142 valence electrons. The van der Waals surface area contributed by atoms with E-state index in [-0.39, 0.29) is 18.9 Å². The zero-order valence-electron chi connectivity index (χ0n) is 15.1. The highest BCUT2D eigenvalue weighted by Crippen LogP contribution is 2.29. The number of rotatable bonds is 8. The van der Waals surface area contributed by atoms with E-state index in [1.54, 1.807) is 6.07 Å². The minimum Gasteiger partial charge on any atom is -0.493 e. The summed E-state index contributed by atoms with van der Waals surface area (Å²) in [7, 11) is 1.53. The number of hydrogen-bond acceptors (Lipinski definition) is 5. The number of allylic oxidation sites excluding steroid dienone is 1. The van der Waals surface area contributed by atoms with Crippen molar-refractivity contribution in [3.63, 3.8) is 0 Å². The second-order valence-corrected chi connectivity index (χ2v) is 6.21.